The van der Waals surface area contributed by atoms with Crippen LogP contribution in [0.15, 0.2) is 247 Å². The molecule has 0 bridgehead atoms. The quantitative estimate of drug-likeness (QED) is 0.167. The highest BCUT2D eigenvalue weighted by Gasteiger charge is 2.51. The lowest BCUT2D eigenvalue weighted by molar-refractivity contribution is 0.669. The minimum absolute atomic E-state index is 0.566. The maximum atomic E-state index is 6.18. The first-order chi connectivity index (χ1) is 31.7. The van der Waals surface area contributed by atoms with Crippen molar-refractivity contribution in [2.45, 2.75) is 5.41 Å². The van der Waals surface area contributed by atoms with Crippen molar-refractivity contribution in [1.29, 1.82) is 0 Å². The number of rotatable bonds is 6. The molecule has 0 atom stereocenters. The van der Waals surface area contributed by atoms with E-state index in [1.807, 2.05) is 12.1 Å². The third-order valence-corrected chi connectivity index (χ3v) is 13.5. The van der Waals surface area contributed by atoms with Crippen molar-refractivity contribution in [3.05, 3.63) is 265 Å². The molecule has 2 aliphatic rings. The molecule has 1 aliphatic carbocycles. The second kappa shape index (κ2) is 14.3. The number of furan rings is 1. The molecule has 10 aromatic carbocycles. The van der Waals surface area contributed by atoms with Crippen molar-refractivity contribution in [3.8, 4) is 33.4 Å². The van der Waals surface area contributed by atoms with Gasteiger partial charge in [0.05, 0.1) is 16.8 Å². The van der Waals surface area contributed by atoms with E-state index < -0.39 is 5.41 Å². The summed E-state index contributed by atoms with van der Waals surface area (Å²) in [6.45, 7) is 0. The second-order valence-corrected chi connectivity index (χ2v) is 16.8. The second-order valence-electron chi connectivity index (χ2n) is 16.8. The number of fused-ring (bicyclic) bond motifs is 12. The zero-order valence-electron chi connectivity index (χ0n) is 34.9. The molecule has 11 aromatic rings. The van der Waals surface area contributed by atoms with Crippen LogP contribution in [0.5, 0.6) is 0 Å². The summed E-state index contributed by atoms with van der Waals surface area (Å²) in [7, 11) is 0. The summed E-state index contributed by atoms with van der Waals surface area (Å²) in [5.41, 5.74) is 20.4. The van der Waals surface area contributed by atoms with Crippen LogP contribution in [0.3, 0.4) is 0 Å². The van der Waals surface area contributed by atoms with E-state index in [9.17, 15) is 0 Å². The summed E-state index contributed by atoms with van der Waals surface area (Å²) in [6, 6.07) is 88.4. The SMILES string of the molecule is c1ccc(-c2ccc(N(c3ccc(-c4ccc5oc6ccccc6c5c4)cc3)c3ccc4c(c3)C3(c5ccccc5-4)c4ccccc4N(c4ccccc4)c4ccccc43)cc2)cc1. The topological polar surface area (TPSA) is 19.6 Å². The molecule has 64 heavy (non-hydrogen) atoms. The average molecular weight is 817 g/mol. The fourth-order valence-corrected chi connectivity index (χ4v) is 10.7. The fraction of sp³-hybridized carbons (Fsp3) is 0.0164. The molecule has 2 heterocycles. The van der Waals surface area contributed by atoms with E-state index in [0.29, 0.717) is 0 Å². The van der Waals surface area contributed by atoms with Gasteiger partial charge in [-0.25, -0.2) is 0 Å². The Labute approximate surface area is 372 Å². The predicted molar refractivity (Wildman–Crippen MR) is 265 cm³/mol. The van der Waals surface area contributed by atoms with Crippen molar-refractivity contribution in [1.82, 2.24) is 0 Å². The highest BCUT2D eigenvalue weighted by molar-refractivity contribution is 6.06. The van der Waals surface area contributed by atoms with Crippen molar-refractivity contribution in [3.63, 3.8) is 0 Å². The van der Waals surface area contributed by atoms with Gasteiger partial charge in [0.25, 0.3) is 0 Å². The molecule has 0 fully saturated rings. The first-order valence-electron chi connectivity index (χ1n) is 22.0. The number of nitrogens with zero attached hydrogens (tertiary/aromatic N) is 2. The Morgan fingerprint density at radius 2 is 0.828 bits per heavy atom. The molecule has 1 aliphatic heterocycles. The van der Waals surface area contributed by atoms with Gasteiger partial charge in [-0.1, -0.05) is 164 Å². The maximum Gasteiger partial charge on any atom is 0.135 e. The van der Waals surface area contributed by atoms with Gasteiger partial charge in [-0.05, 0) is 134 Å². The molecule has 300 valence electrons. The number of benzene rings is 10. The summed E-state index contributed by atoms with van der Waals surface area (Å²) < 4.78 is 6.18. The van der Waals surface area contributed by atoms with Crippen LogP contribution in [0, 0.1) is 0 Å². The minimum atomic E-state index is -0.566. The summed E-state index contributed by atoms with van der Waals surface area (Å²) in [5, 5.41) is 2.26. The molecular formula is C61H40N2O. The fourth-order valence-electron chi connectivity index (χ4n) is 10.7. The Kier molecular flexibility index (Phi) is 8.13. The van der Waals surface area contributed by atoms with Crippen molar-refractivity contribution in [2.24, 2.45) is 0 Å². The maximum absolute atomic E-state index is 6.18. The standard InChI is InChI=1S/C61H40N2O/c1-3-15-41(16-4-1)42-27-32-46(33-28-42)62(47-34-29-43(30-35-47)44-31-38-60-52(39-44)51-20-8-14-26-59(51)64-60)48-36-37-50-49-19-7-9-21-53(49)61(56(50)40-48)54-22-10-12-24-57(54)63(45-17-5-2-6-18-45)58-25-13-11-23-55(58)61/h1-40H. The van der Waals surface area contributed by atoms with E-state index in [-0.39, 0.29) is 0 Å². The summed E-state index contributed by atoms with van der Waals surface area (Å²) in [4.78, 5) is 4.86. The van der Waals surface area contributed by atoms with E-state index in [1.165, 1.54) is 55.9 Å². The van der Waals surface area contributed by atoms with Crippen LogP contribution in [-0.2, 0) is 5.41 Å². The number of hydrogen-bond acceptors (Lipinski definition) is 3. The number of hydrogen-bond donors (Lipinski definition) is 0. The molecule has 0 saturated heterocycles. The Bertz CT molecular complexity index is 3510. The average Bonchev–Trinajstić information content (AvgIpc) is 3.88. The van der Waals surface area contributed by atoms with Gasteiger partial charge in [0, 0.05) is 33.5 Å². The Balaban J connectivity index is 1.00. The normalized spacial score (nSPS) is 13.1. The van der Waals surface area contributed by atoms with E-state index in [2.05, 4.69) is 240 Å². The third-order valence-electron chi connectivity index (χ3n) is 13.5. The van der Waals surface area contributed by atoms with Crippen LogP contribution >= 0.6 is 0 Å². The molecule has 3 nitrogen and oxygen atoms in total. The summed E-state index contributed by atoms with van der Waals surface area (Å²) >= 11 is 0. The summed E-state index contributed by atoms with van der Waals surface area (Å²) in [5.74, 6) is 0. The molecule has 1 spiro atoms. The van der Waals surface area contributed by atoms with Crippen LogP contribution in [0.2, 0.25) is 0 Å². The van der Waals surface area contributed by atoms with E-state index in [1.54, 1.807) is 0 Å². The highest BCUT2D eigenvalue weighted by Crippen LogP contribution is 2.64. The molecular weight excluding hydrogens is 777 g/mol. The van der Waals surface area contributed by atoms with Crippen LogP contribution in [0.25, 0.3) is 55.3 Å². The molecule has 0 saturated carbocycles. The van der Waals surface area contributed by atoms with Gasteiger partial charge in [0.2, 0.25) is 0 Å². The lowest BCUT2D eigenvalue weighted by Gasteiger charge is -2.45. The third kappa shape index (κ3) is 5.41. The molecule has 0 amide bonds. The van der Waals surface area contributed by atoms with Crippen LogP contribution in [-0.4, -0.2) is 0 Å². The van der Waals surface area contributed by atoms with Crippen LogP contribution in [0.4, 0.5) is 34.1 Å². The van der Waals surface area contributed by atoms with Gasteiger partial charge >= 0.3 is 0 Å². The lowest BCUT2D eigenvalue weighted by atomic mass is 9.64. The Morgan fingerprint density at radius 3 is 1.53 bits per heavy atom. The van der Waals surface area contributed by atoms with E-state index in [0.717, 1.165) is 55.8 Å². The van der Waals surface area contributed by atoms with E-state index in [4.69, 9.17) is 4.42 Å². The smallest absolute Gasteiger partial charge is 0.135 e. The molecule has 1 aromatic heterocycles. The monoisotopic (exact) mass is 816 g/mol. The molecule has 0 radical (unpaired) electrons. The zero-order valence-corrected chi connectivity index (χ0v) is 34.9. The highest BCUT2D eigenvalue weighted by atomic mass is 16.3. The van der Waals surface area contributed by atoms with E-state index >= 15 is 0 Å². The minimum Gasteiger partial charge on any atom is -0.456 e. The van der Waals surface area contributed by atoms with Gasteiger partial charge in [-0.15, -0.1) is 0 Å². The first-order valence-corrected chi connectivity index (χ1v) is 22.0. The van der Waals surface area contributed by atoms with Gasteiger partial charge < -0.3 is 14.2 Å². The van der Waals surface area contributed by atoms with Gasteiger partial charge in [-0.3, -0.25) is 0 Å². The van der Waals surface area contributed by atoms with Gasteiger partial charge in [-0.2, -0.15) is 0 Å². The Morgan fingerprint density at radius 1 is 0.328 bits per heavy atom. The molecule has 0 N–H and O–H groups in total. The lowest BCUT2D eigenvalue weighted by Crippen LogP contribution is -2.36. The van der Waals surface area contributed by atoms with Crippen molar-refractivity contribution < 1.29 is 4.42 Å². The van der Waals surface area contributed by atoms with Crippen molar-refractivity contribution >= 4 is 56.1 Å². The largest absolute Gasteiger partial charge is 0.456 e. The molecule has 0 unspecified atom stereocenters. The van der Waals surface area contributed by atoms with Gasteiger partial charge in [0.1, 0.15) is 11.2 Å². The molecule has 13 rings (SSSR count). The Hall–Kier alpha value is -8.40. The predicted octanol–water partition coefficient (Wildman–Crippen LogP) is 16.5. The zero-order chi connectivity index (χ0) is 42.2. The van der Waals surface area contributed by atoms with Crippen LogP contribution < -0.4 is 9.80 Å². The number of para-hydroxylation sites is 4. The van der Waals surface area contributed by atoms with Gasteiger partial charge in [0.15, 0.2) is 0 Å². The van der Waals surface area contributed by atoms with Crippen LogP contribution in [0.1, 0.15) is 22.3 Å². The summed E-state index contributed by atoms with van der Waals surface area (Å²) in [6.07, 6.45) is 0. The first kappa shape index (κ1) is 36.3. The van der Waals surface area contributed by atoms with Crippen molar-refractivity contribution in [2.75, 3.05) is 9.80 Å². The molecule has 3 heteroatoms. The number of anilines is 6.